The molecular formula is C23H27N5O3. The highest BCUT2D eigenvalue weighted by atomic mass is 16.5. The standard InChI is InChI=1S/C23H27N5O3/c1-2-31-22(29)20-18(25-23(30)26-21(20)17-8-4-3-5-9-17)16-27-12-14-28(15-13-27)19-10-6-7-11-24-19/h3-11,21H,2,12-16H2,1H3,(H2,25,26,30). The number of anilines is 1. The van der Waals surface area contributed by atoms with Crippen molar-refractivity contribution in [1.82, 2.24) is 20.5 Å². The number of rotatable bonds is 6. The molecule has 2 aromatic rings. The lowest BCUT2D eigenvalue weighted by atomic mass is 9.95. The van der Waals surface area contributed by atoms with Crippen LogP contribution in [-0.4, -0.2) is 61.2 Å². The number of esters is 1. The van der Waals surface area contributed by atoms with Crippen molar-refractivity contribution in [3.05, 3.63) is 71.6 Å². The zero-order valence-corrected chi connectivity index (χ0v) is 17.6. The van der Waals surface area contributed by atoms with Crippen molar-refractivity contribution < 1.29 is 14.3 Å². The Morgan fingerprint density at radius 3 is 2.52 bits per heavy atom. The number of ether oxygens (including phenoxy) is 1. The lowest BCUT2D eigenvalue weighted by Crippen LogP contribution is -2.52. The summed E-state index contributed by atoms with van der Waals surface area (Å²) in [7, 11) is 0. The van der Waals surface area contributed by atoms with Gasteiger partial charge in [0.05, 0.1) is 18.2 Å². The van der Waals surface area contributed by atoms with E-state index in [0.29, 0.717) is 17.8 Å². The number of carbonyl (C=O) groups excluding carboxylic acids is 2. The topological polar surface area (TPSA) is 86.8 Å². The highest BCUT2D eigenvalue weighted by Gasteiger charge is 2.34. The molecule has 0 radical (unpaired) electrons. The molecule has 3 heterocycles. The number of urea groups is 1. The first kappa shape index (κ1) is 20.9. The predicted molar refractivity (Wildman–Crippen MR) is 117 cm³/mol. The molecule has 1 fully saturated rings. The van der Waals surface area contributed by atoms with Gasteiger partial charge in [0.1, 0.15) is 5.82 Å². The summed E-state index contributed by atoms with van der Waals surface area (Å²) < 4.78 is 5.34. The molecule has 0 aliphatic carbocycles. The summed E-state index contributed by atoms with van der Waals surface area (Å²) in [5.41, 5.74) is 1.90. The summed E-state index contributed by atoms with van der Waals surface area (Å²) in [6.45, 7) is 5.78. The van der Waals surface area contributed by atoms with Crippen LogP contribution in [-0.2, 0) is 9.53 Å². The molecule has 0 spiro atoms. The normalized spacial score (nSPS) is 19.6. The number of amides is 2. The molecule has 31 heavy (non-hydrogen) atoms. The maximum absolute atomic E-state index is 12.9. The largest absolute Gasteiger partial charge is 0.463 e. The summed E-state index contributed by atoms with van der Waals surface area (Å²) in [5, 5.41) is 5.73. The molecule has 4 rings (SSSR count). The third-order valence-electron chi connectivity index (χ3n) is 5.51. The van der Waals surface area contributed by atoms with Gasteiger partial charge in [0.25, 0.3) is 0 Å². The molecule has 2 amide bonds. The summed E-state index contributed by atoms with van der Waals surface area (Å²) in [4.78, 5) is 34.2. The van der Waals surface area contributed by atoms with Crippen LogP contribution >= 0.6 is 0 Å². The first-order valence-electron chi connectivity index (χ1n) is 10.6. The molecule has 0 saturated carbocycles. The van der Waals surface area contributed by atoms with Crippen molar-refractivity contribution >= 4 is 17.8 Å². The molecule has 1 aromatic heterocycles. The molecule has 8 heteroatoms. The van der Waals surface area contributed by atoms with Crippen molar-refractivity contribution in [2.45, 2.75) is 13.0 Å². The van der Waals surface area contributed by atoms with Crippen LogP contribution in [0.2, 0.25) is 0 Å². The van der Waals surface area contributed by atoms with E-state index in [4.69, 9.17) is 4.74 Å². The van der Waals surface area contributed by atoms with E-state index >= 15 is 0 Å². The number of aromatic nitrogens is 1. The number of hydrogen-bond donors (Lipinski definition) is 2. The monoisotopic (exact) mass is 421 g/mol. The average Bonchev–Trinajstić information content (AvgIpc) is 2.80. The van der Waals surface area contributed by atoms with Gasteiger partial charge in [-0.25, -0.2) is 14.6 Å². The number of benzene rings is 1. The van der Waals surface area contributed by atoms with Crippen LogP contribution in [0.25, 0.3) is 0 Å². The van der Waals surface area contributed by atoms with Gasteiger partial charge < -0.3 is 20.3 Å². The van der Waals surface area contributed by atoms with Crippen molar-refractivity contribution in [3.63, 3.8) is 0 Å². The Labute approximate surface area is 181 Å². The smallest absolute Gasteiger partial charge is 0.338 e. The second-order valence-electron chi connectivity index (χ2n) is 7.51. The summed E-state index contributed by atoms with van der Waals surface area (Å²) in [6.07, 6.45) is 1.80. The Kier molecular flexibility index (Phi) is 6.47. The van der Waals surface area contributed by atoms with Crippen molar-refractivity contribution in [2.24, 2.45) is 0 Å². The van der Waals surface area contributed by atoms with Crippen LogP contribution in [0.3, 0.4) is 0 Å². The van der Waals surface area contributed by atoms with Crippen molar-refractivity contribution in [3.8, 4) is 0 Å². The third-order valence-corrected chi connectivity index (χ3v) is 5.51. The number of nitrogens with one attached hydrogen (secondary N) is 2. The first-order chi connectivity index (χ1) is 15.2. The van der Waals surface area contributed by atoms with Gasteiger partial charge in [-0.05, 0) is 24.6 Å². The molecule has 162 valence electrons. The fourth-order valence-corrected chi connectivity index (χ4v) is 3.99. The molecular weight excluding hydrogens is 394 g/mol. The van der Waals surface area contributed by atoms with E-state index in [1.165, 1.54) is 0 Å². The maximum atomic E-state index is 12.9. The first-order valence-corrected chi connectivity index (χ1v) is 10.6. The lowest BCUT2D eigenvalue weighted by Gasteiger charge is -2.37. The molecule has 1 saturated heterocycles. The Morgan fingerprint density at radius 1 is 1.10 bits per heavy atom. The number of nitrogens with zero attached hydrogens (tertiary/aromatic N) is 3. The molecule has 1 unspecified atom stereocenters. The van der Waals surface area contributed by atoms with Gasteiger partial charge in [-0.2, -0.15) is 0 Å². The van der Waals surface area contributed by atoms with Crippen molar-refractivity contribution in [1.29, 1.82) is 0 Å². The summed E-state index contributed by atoms with van der Waals surface area (Å²) in [5.74, 6) is 0.555. The van der Waals surface area contributed by atoms with Gasteiger partial charge in [0, 0.05) is 44.6 Å². The second-order valence-corrected chi connectivity index (χ2v) is 7.51. The van der Waals surface area contributed by atoms with Crippen LogP contribution in [0.1, 0.15) is 18.5 Å². The minimum Gasteiger partial charge on any atom is -0.463 e. The van der Waals surface area contributed by atoms with E-state index in [9.17, 15) is 9.59 Å². The average molecular weight is 422 g/mol. The van der Waals surface area contributed by atoms with Gasteiger partial charge in [-0.1, -0.05) is 36.4 Å². The Bertz CT molecular complexity index is 940. The highest BCUT2D eigenvalue weighted by molar-refractivity contribution is 5.95. The van der Waals surface area contributed by atoms with Gasteiger partial charge in [-0.15, -0.1) is 0 Å². The van der Waals surface area contributed by atoms with Crippen LogP contribution in [0.4, 0.5) is 10.6 Å². The van der Waals surface area contributed by atoms with E-state index in [2.05, 4.69) is 25.4 Å². The zero-order chi connectivity index (χ0) is 21.6. The molecule has 8 nitrogen and oxygen atoms in total. The van der Waals surface area contributed by atoms with E-state index in [0.717, 1.165) is 37.6 Å². The Balaban J connectivity index is 1.55. The van der Waals surface area contributed by atoms with Gasteiger partial charge >= 0.3 is 12.0 Å². The maximum Gasteiger partial charge on any atom is 0.338 e. The Morgan fingerprint density at radius 2 is 1.84 bits per heavy atom. The zero-order valence-electron chi connectivity index (χ0n) is 17.6. The van der Waals surface area contributed by atoms with Gasteiger partial charge in [0.2, 0.25) is 0 Å². The third kappa shape index (κ3) is 4.86. The Hall–Kier alpha value is -3.39. The minimum absolute atomic E-state index is 0.272. The number of piperazine rings is 1. The van der Waals surface area contributed by atoms with Crippen LogP contribution in [0, 0.1) is 0 Å². The second kappa shape index (κ2) is 9.61. The van der Waals surface area contributed by atoms with E-state index in [1.807, 2.05) is 48.5 Å². The molecule has 1 atom stereocenters. The molecule has 2 aliphatic rings. The minimum atomic E-state index is -0.543. The predicted octanol–water partition coefficient (Wildman–Crippen LogP) is 2.07. The fraction of sp³-hybridized carbons (Fsp3) is 0.348. The molecule has 2 N–H and O–H groups in total. The van der Waals surface area contributed by atoms with Gasteiger partial charge in [0.15, 0.2) is 0 Å². The van der Waals surface area contributed by atoms with E-state index < -0.39 is 12.0 Å². The summed E-state index contributed by atoms with van der Waals surface area (Å²) >= 11 is 0. The highest BCUT2D eigenvalue weighted by Crippen LogP contribution is 2.28. The number of pyridine rings is 1. The van der Waals surface area contributed by atoms with E-state index in [1.54, 1.807) is 13.1 Å². The van der Waals surface area contributed by atoms with Gasteiger partial charge in [-0.3, -0.25) is 4.90 Å². The van der Waals surface area contributed by atoms with Crippen molar-refractivity contribution in [2.75, 3.05) is 44.2 Å². The number of carbonyl (C=O) groups is 2. The molecule has 2 aliphatic heterocycles. The fourth-order valence-electron chi connectivity index (χ4n) is 3.99. The summed E-state index contributed by atoms with van der Waals surface area (Å²) in [6, 6.07) is 14.5. The van der Waals surface area contributed by atoms with E-state index in [-0.39, 0.29) is 12.6 Å². The molecule has 0 bridgehead atoms. The SMILES string of the molecule is CCOC(=O)C1=C(CN2CCN(c3ccccn3)CC2)NC(=O)NC1c1ccccc1. The quantitative estimate of drug-likeness (QED) is 0.695. The van der Waals surface area contributed by atoms with Crippen LogP contribution in [0.15, 0.2) is 66.0 Å². The van der Waals surface area contributed by atoms with Crippen LogP contribution in [0.5, 0.6) is 0 Å². The molecule has 1 aromatic carbocycles. The number of hydrogen-bond acceptors (Lipinski definition) is 6. The van der Waals surface area contributed by atoms with Crippen LogP contribution < -0.4 is 15.5 Å². The lowest BCUT2D eigenvalue weighted by molar-refractivity contribution is -0.139.